The molecular weight excluding hydrogens is 560 g/mol. The van der Waals surface area contributed by atoms with Crippen molar-refractivity contribution in [2.45, 2.75) is 43.6 Å². The zero-order valence-electron chi connectivity index (χ0n) is 24.6. The quantitative estimate of drug-likeness (QED) is 0.193. The Morgan fingerprint density at radius 3 is 2.41 bits per heavy atom. The lowest BCUT2D eigenvalue weighted by Gasteiger charge is -2.42. The standard InChI is InChI=1S/C34H38N4O6/c1-2-9-30-20-31(44-33(40)35-21-25-14-16-29(17-15-25)38(42)43)18-19-36(30)22-28-23-37(32(39)26-10-5-3-6-11-26)24-34(28,41)27-12-7-4-8-13-27/h2-8,10-17,28,30-31,41H,1,9,18-24H2,(H,35,40). The minimum Gasteiger partial charge on any atom is -0.446 e. The molecule has 0 bridgehead atoms. The number of nitrogens with one attached hydrogen (secondary N) is 1. The van der Waals surface area contributed by atoms with E-state index in [1.54, 1.807) is 29.2 Å². The van der Waals surface area contributed by atoms with E-state index in [-0.39, 0.29) is 42.7 Å². The number of amides is 2. The van der Waals surface area contributed by atoms with Crippen LogP contribution in [0.3, 0.4) is 0 Å². The minimum atomic E-state index is -1.21. The van der Waals surface area contributed by atoms with Crippen LogP contribution in [0.15, 0.2) is 97.6 Å². The third kappa shape index (κ3) is 7.15. The number of carbonyl (C=O) groups excluding carboxylic acids is 2. The number of carbonyl (C=O) groups is 2. The van der Waals surface area contributed by atoms with E-state index in [2.05, 4.69) is 16.8 Å². The molecule has 44 heavy (non-hydrogen) atoms. The molecule has 5 rings (SSSR count). The van der Waals surface area contributed by atoms with Crippen LogP contribution in [0.25, 0.3) is 0 Å². The molecule has 10 heteroatoms. The van der Waals surface area contributed by atoms with Crippen LogP contribution in [0.1, 0.15) is 40.7 Å². The van der Waals surface area contributed by atoms with Gasteiger partial charge in [-0.1, -0.05) is 66.7 Å². The van der Waals surface area contributed by atoms with Crippen molar-refractivity contribution in [1.29, 1.82) is 0 Å². The molecule has 2 fully saturated rings. The number of hydrogen-bond donors (Lipinski definition) is 2. The van der Waals surface area contributed by atoms with Crippen LogP contribution >= 0.6 is 0 Å². The first-order valence-electron chi connectivity index (χ1n) is 14.9. The average Bonchev–Trinajstić information content (AvgIpc) is 3.38. The lowest BCUT2D eigenvalue weighted by Crippen LogP contribution is -2.50. The van der Waals surface area contributed by atoms with Crippen molar-refractivity contribution in [3.63, 3.8) is 0 Å². The van der Waals surface area contributed by atoms with E-state index < -0.39 is 16.6 Å². The maximum Gasteiger partial charge on any atom is 0.407 e. The Kier molecular flexibility index (Phi) is 9.72. The number of alkyl carbamates (subject to hydrolysis) is 1. The lowest BCUT2D eigenvalue weighted by molar-refractivity contribution is -0.384. The van der Waals surface area contributed by atoms with Gasteiger partial charge < -0.3 is 20.1 Å². The normalized spacial score (nSPS) is 23.6. The Bertz CT molecular complexity index is 1450. The van der Waals surface area contributed by atoms with E-state index in [9.17, 15) is 24.8 Å². The highest BCUT2D eigenvalue weighted by atomic mass is 16.6. The molecule has 3 aromatic carbocycles. The number of hydrogen-bond acceptors (Lipinski definition) is 7. The van der Waals surface area contributed by atoms with E-state index in [1.807, 2.05) is 54.6 Å². The van der Waals surface area contributed by atoms with Crippen LogP contribution in [-0.4, -0.2) is 70.2 Å². The Morgan fingerprint density at radius 2 is 1.75 bits per heavy atom. The highest BCUT2D eigenvalue weighted by Gasteiger charge is 2.49. The summed E-state index contributed by atoms with van der Waals surface area (Å²) in [5.74, 6) is -0.329. The largest absolute Gasteiger partial charge is 0.446 e. The number of benzene rings is 3. The summed E-state index contributed by atoms with van der Waals surface area (Å²) in [5, 5.41) is 25.7. The molecule has 2 aliphatic heterocycles. The van der Waals surface area contributed by atoms with E-state index >= 15 is 0 Å². The van der Waals surface area contributed by atoms with Crippen LogP contribution in [0.4, 0.5) is 10.5 Å². The van der Waals surface area contributed by atoms with Gasteiger partial charge in [-0.2, -0.15) is 0 Å². The molecule has 2 amide bonds. The first kappa shape index (κ1) is 30.9. The fraction of sp³-hybridized carbons (Fsp3) is 0.353. The van der Waals surface area contributed by atoms with Crippen LogP contribution < -0.4 is 5.32 Å². The Morgan fingerprint density at radius 1 is 1.07 bits per heavy atom. The SMILES string of the molecule is C=CCC1CC(OC(=O)NCc2ccc([N+](=O)[O-])cc2)CCN1CC1CN(C(=O)c2ccccc2)CC1(O)c1ccccc1. The number of likely N-dealkylation sites (tertiary alicyclic amines) is 2. The highest BCUT2D eigenvalue weighted by molar-refractivity contribution is 5.94. The van der Waals surface area contributed by atoms with Crippen LogP contribution in [0.2, 0.25) is 0 Å². The number of nitro groups is 1. The fourth-order valence-corrected chi connectivity index (χ4v) is 6.32. The molecule has 3 aromatic rings. The van der Waals surface area contributed by atoms with Gasteiger partial charge in [-0.3, -0.25) is 19.8 Å². The number of nitro benzene ring substituents is 1. The van der Waals surface area contributed by atoms with Gasteiger partial charge in [0.05, 0.1) is 11.5 Å². The third-order valence-electron chi connectivity index (χ3n) is 8.67. The maximum absolute atomic E-state index is 13.4. The average molecular weight is 599 g/mol. The van der Waals surface area contributed by atoms with E-state index in [0.29, 0.717) is 44.5 Å². The van der Waals surface area contributed by atoms with Gasteiger partial charge in [0.25, 0.3) is 11.6 Å². The molecule has 4 atom stereocenters. The highest BCUT2D eigenvalue weighted by Crippen LogP contribution is 2.39. The topological polar surface area (TPSA) is 125 Å². The smallest absolute Gasteiger partial charge is 0.407 e. The molecular formula is C34H38N4O6. The zero-order chi connectivity index (χ0) is 31.1. The first-order chi connectivity index (χ1) is 21.3. The van der Waals surface area contributed by atoms with Gasteiger partial charge in [-0.25, -0.2) is 4.79 Å². The van der Waals surface area contributed by atoms with Gasteiger partial charge in [0, 0.05) is 62.3 Å². The maximum atomic E-state index is 13.4. The number of piperidine rings is 1. The van der Waals surface area contributed by atoms with Crippen molar-refractivity contribution >= 4 is 17.7 Å². The van der Waals surface area contributed by atoms with Crippen molar-refractivity contribution in [2.75, 3.05) is 26.2 Å². The molecule has 0 saturated carbocycles. The predicted molar refractivity (Wildman–Crippen MR) is 166 cm³/mol. The van der Waals surface area contributed by atoms with Gasteiger partial charge in [0.1, 0.15) is 11.7 Å². The molecule has 0 spiro atoms. The minimum absolute atomic E-state index is 0.00772. The molecule has 0 aromatic heterocycles. The van der Waals surface area contributed by atoms with Gasteiger partial charge in [0.2, 0.25) is 0 Å². The summed E-state index contributed by atoms with van der Waals surface area (Å²) in [6.45, 7) is 5.99. The number of non-ortho nitro benzene ring substituents is 1. The molecule has 0 radical (unpaired) electrons. The molecule has 4 unspecified atom stereocenters. The number of aliphatic hydroxyl groups is 1. The van der Waals surface area contributed by atoms with E-state index in [1.165, 1.54) is 12.1 Å². The van der Waals surface area contributed by atoms with Crippen molar-refractivity contribution in [3.05, 3.63) is 124 Å². The van der Waals surface area contributed by atoms with Gasteiger partial charge >= 0.3 is 6.09 Å². The van der Waals surface area contributed by atoms with Gasteiger partial charge in [-0.15, -0.1) is 6.58 Å². The van der Waals surface area contributed by atoms with Crippen molar-refractivity contribution < 1.29 is 24.4 Å². The Labute approximate surface area is 257 Å². The van der Waals surface area contributed by atoms with E-state index in [0.717, 1.165) is 11.1 Å². The second-order valence-corrected chi connectivity index (χ2v) is 11.5. The van der Waals surface area contributed by atoms with Crippen LogP contribution in [0, 0.1) is 16.0 Å². The summed E-state index contributed by atoms with van der Waals surface area (Å²) in [6.07, 6.45) is 2.96. The van der Waals surface area contributed by atoms with Crippen LogP contribution in [-0.2, 0) is 16.9 Å². The molecule has 0 aliphatic carbocycles. The number of β-amino-alcohol motifs (C(OH)–C–C–N with tert-alkyl or cyclic N) is 1. The molecule has 2 aliphatic rings. The van der Waals surface area contributed by atoms with Gasteiger partial charge in [-0.05, 0) is 36.1 Å². The van der Waals surface area contributed by atoms with Gasteiger partial charge in [0.15, 0.2) is 0 Å². The summed E-state index contributed by atoms with van der Waals surface area (Å²) in [4.78, 5) is 40.5. The molecule has 230 valence electrons. The Hall–Kier alpha value is -4.54. The van der Waals surface area contributed by atoms with Crippen LogP contribution in [0.5, 0.6) is 0 Å². The summed E-state index contributed by atoms with van der Waals surface area (Å²) < 4.78 is 5.76. The molecule has 10 nitrogen and oxygen atoms in total. The molecule has 2 saturated heterocycles. The third-order valence-corrected chi connectivity index (χ3v) is 8.67. The number of nitrogens with zero attached hydrogens (tertiary/aromatic N) is 3. The van der Waals surface area contributed by atoms with Crippen molar-refractivity contribution in [3.8, 4) is 0 Å². The number of ether oxygens (including phenoxy) is 1. The lowest BCUT2D eigenvalue weighted by atomic mass is 9.82. The summed E-state index contributed by atoms with van der Waals surface area (Å²) in [6, 6.07) is 24.8. The molecule has 2 heterocycles. The molecule has 2 N–H and O–H groups in total. The summed E-state index contributed by atoms with van der Waals surface area (Å²) in [7, 11) is 0. The Balaban J connectivity index is 1.23. The summed E-state index contributed by atoms with van der Waals surface area (Å²) in [5.41, 5.74) is 0.894. The van der Waals surface area contributed by atoms with Crippen molar-refractivity contribution in [2.24, 2.45) is 5.92 Å². The zero-order valence-corrected chi connectivity index (χ0v) is 24.6. The summed E-state index contributed by atoms with van der Waals surface area (Å²) >= 11 is 0. The second kappa shape index (κ2) is 13.8. The predicted octanol–water partition coefficient (Wildman–Crippen LogP) is 4.89. The van der Waals surface area contributed by atoms with Crippen molar-refractivity contribution in [1.82, 2.24) is 15.1 Å². The number of rotatable bonds is 10. The monoisotopic (exact) mass is 598 g/mol. The fourth-order valence-electron chi connectivity index (χ4n) is 6.32. The second-order valence-electron chi connectivity index (χ2n) is 11.5. The van der Waals surface area contributed by atoms with E-state index in [4.69, 9.17) is 4.74 Å². The first-order valence-corrected chi connectivity index (χ1v) is 14.9.